The Labute approximate surface area is 151 Å². The smallest absolute Gasteiger partial charge is 0.251 e. The predicted molar refractivity (Wildman–Crippen MR) is 99.4 cm³/mol. The molecule has 0 bridgehead atoms. The van der Waals surface area contributed by atoms with Gasteiger partial charge in [-0.2, -0.15) is 0 Å². The molecule has 0 saturated heterocycles. The quantitative estimate of drug-likeness (QED) is 0.861. The molecule has 3 rings (SSSR count). The summed E-state index contributed by atoms with van der Waals surface area (Å²) in [6, 6.07) is 7.36. The molecule has 1 atom stereocenters. The summed E-state index contributed by atoms with van der Waals surface area (Å²) in [4.78, 5) is 25.5. The van der Waals surface area contributed by atoms with E-state index in [2.05, 4.69) is 12.2 Å². The summed E-state index contributed by atoms with van der Waals surface area (Å²) in [6.45, 7) is 2.20. The van der Waals surface area contributed by atoms with Gasteiger partial charge >= 0.3 is 0 Å². The molecule has 0 unspecified atom stereocenters. The van der Waals surface area contributed by atoms with Gasteiger partial charge in [0.1, 0.15) is 10.8 Å². The van der Waals surface area contributed by atoms with Gasteiger partial charge < -0.3 is 15.8 Å². The molecular weight excluding hydrogens is 336 g/mol. The van der Waals surface area contributed by atoms with Crippen molar-refractivity contribution < 1.29 is 14.3 Å². The molecule has 6 heteroatoms. The van der Waals surface area contributed by atoms with Gasteiger partial charge in [0, 0.05) is 4.88 Å². The van der Waals surface area contributed by atoms with Crippen LogP contribution < -0.4 is 15.8 Å². The number of hydrogen-bond donors (Lipinski definition) is 2. The molecule has 132 valence electrons. The average Bonchev–Trinajstić information content (AvgIpc) is 2.92. The normalized spacial score (nSPS) is 16.2. The summed E-state index contributed by atoms with van der Waals surface area (Å²) < 4.78 is 5.12. The van der Waals surface area contributed by atoms with Crippen LogP contribution in [-0.4, -0.2) is 18.9 Å². The van der Waals surface area contributed by atoms with E-state index in [0.29, 0.717) is 16.5 Å². The zero-order chi connectivity index (χ0) is 18.0. The lowest BCUT2D eigenvalue weighted by atomic mass is 9.88. The van der Waals surface area contributed by atoms with E-state index in [-0.39, 0.29) is 12.3 Å². The van der Waals surface area contributed by atoms with Crippen molar-refractivity contribution in [3.63, 3.8) is 0 Å². The minimum absolute atomic E-state index is 0.153. The summed E-state index contributed by atoms with van der Waals surface area (Å²) in [5.41, 5.74) is 7.98. The predicted octanol–water partition coefficient (Wildman–Crippen LogP) is 3.16. The molecule has 2 aromatic rings. The first kappa shape index (κ1) is 17.5. The van der Waals surface area contributed by atoms with Gasteiger partial charge in [0.25, 0.3) is 5.91 Å². The van der Waals surface area contributed by atoms with Crippen LogP contribution in [0.4, 0.5) is 5.00 Å². The number of thiophene rings is 1. The molecule has 1 heterocycles. The third kappa shape index (κ3) is 3.85. The highest BCUT2D eigenvalue weighted by Gasteiger charge is 2.27. The van der Waals surface area contributed by atoms with Gasteiger partial charge in [-0.15, -0.1) is 11.3 Å². The summed E-state index contributed by atoms with van der Waals surface area (Å²) in [6.07, 6.45) is 3.07. The molecule has 5 nitrogen and oxygen atoms in total. The van der Waals surface area contributed by atoms with Crippen LogP contribution in [0.15, 0.2) is 24.3 Å². The Morgan fingerprint density at radius 1 is 1.32 bits per heavy atom. The van der Waals surface area contributed by atoms with Crippen LogP contribution >= 0.6 is 11.3 Å². The van der Waals surface area contributed by atoms with E-state index in [4.69, 9.17) is 10.5 Å². The molecule has 0 fully saturated rings. The molecule has 0 saturated carbocycles. The van der Waals surface area contributed by atoms with Crippen molar-refractivity contribution in [2.45, 2.75) is 32.6 Å². The van der Waals surface area contributed by atoms with Gasteiger partial charge in [0.15, 0.2) is 0 Å². The molecule has 0 aliphatic heterocycles. The van der Waals surface area contributed by atoms with Crippen LogP contribution in [0.2, 0.25) is 0 Å². The number of benzene rings is 1. The molecule has 1 aliphatic rings. The van der Waals surface area contributed by atoms with Crippen molar-refractivity contribution in [2.75, 3.05) is 12.4 Å². The fourth-order valence-electron chi connectivity index (χ4n) is 3.20. The van der Waals surface area contributed by atoms with Crippen LogP contribution in [0, 0.1) is 5.92 Å². The van der Waals surface area contributed by atoms with Crippen LogP contribution in [0.5, 0.6) is 5.75 Å². The number of primary amides is 1. The number of amides is 2. The molecule has 25 heavy (non-hydrogen) atoms. The van der Waals surface area contributed by atoms with Gasteiger partial charge in [-0.3, -0.25) is 9.59 Å². The number of nitrogens with two attached hydrogens (primary N) is 1. The monoisotopic (exact) mass is 358 g/mol. The Bertz CT molecular complexity index is 796. The van der Waals surface area contributed by atoms with E-state index in [1.807, 2.05) is 24.3 Å². The first-order valence-corrected chi connectivity index (χ1v) is 9.16. The number of anilines is 1. The van der Waals surface area contributed by atoms with E-state index in [9.17, 15) is 9.59 Å². The minimum atomic E-state index is -0.466. The maximum absolute atomic E-state index is 12.4. The van der Waals surface area contributed by atoms with Crippen LogP contribution in [0.25, 0.3) is 0 Å². The molecule has 3 N–H and O–H groups in total. The first-order chi connectivity index (χ1) is 12.0. The van der Waals surface area contributed by atoms with Crippen LogP contribution in [-0.2, 0) is 24.1 Å². The zero-order valence-corrected chi connectivity index (χ0v) is 15.2. The highest BCUT2D eigenvalue weighted by molar-refractivity contribution is 7.17. The fraction of sp³-hybridized carbons (Fsp3) is 0.368. The topological polar surface area (TPSA) is 81.4 Å². The summed E-state index contributed by atoms with van der Waals surface area (Å²) in [5.74, 6) is 0.723. The van der Waals surface area contributed by atoms with Crippen molar-refractivity contribution >= 4 is 28.2 Å². The SMILES string of the molecule is COc1ccc(CC(=O)Nc2sc3c(c2C(N)=O)CC[C@H](C)C3)cc1. The summed E-state index contributed by atoms with van der Waals surface area (Å²) in [5, 5.41) is 3.48. The standard InChI is InChI=1S/C19H22N2O3S/c1-11-3-8-14-15(9-11)25-19(17(14)18(20)23)21-16(22)10-12-4-6-13(24-2)7-5-12/h4-7,11H,3,8-10H2,1-2H3,(H2,20,23)(H,21,22)/t11-/m0/s1. The molecular formula is C19H22N2O3S. The van der Waals surface area contributed by atoms with Gasteiger partial charge in [-0.05, 0) is 48.4 Å². The van der Waals surface area contributed by atoms with E-state index in [1.54, 1.807) is 7.11 Å². The molecule has 0 radical (unpaired) electrons. The van der Waals surface area contributed by atoms with Crippen molar-refractivity contribution in [1.82, 2.24) is 0 Å². The van der Waals surface area contributed by atoms with Gasteiger partial charge in [-0.25, -0.2) is 0 Å². The molecule has 0 spiro atoms. The lowest BCUT2D eigenvalue weighted by molar-refractivity contribution is -0.115. The van der Waals surface area contributed by atoms with Crippen molar-refractivity contribution in [3.8, 4) is 5.75 Å². The number of carbonyl (C=O) groups excluding carboxylic acids is 2. The zero-order valence-electron chi connectivity index (χ0n) is 14.4. The van der Waals surface area contributed by atoms with Crippen LogP contribution in [0.1, 0.15) is 39.7 Å². The molecule has 1 aromatic carbocycles. The lowest BCUT2D eigenvalue weighted by Crippen LogP contribution is -2.20. The van der Waals surface area contributed by atoms with E-state index >= 15 is 0 Å². The molecule has 2 amide bonds. The van der Waals surface area contributed by atoms with Gasteiger partial charge in [-0.1, -0.05) is 19.1 Å². The number of methoxy groups -OCH3 is 1. The Morgan fingerprint density at radius 2 is 2.04 bits per heavy atom. The van der Waals surface area contributed by atoms with E-state index in [0.717, 1.165) is 36.1 Å². The van der Waals surface area contributed by atoms with Gasteiger partial charge in [0.2, 0.25) is 5.91 Å². The minimum Gasteiger partial charge on any atom is -0.497 e. The number of nitrogens with one attached hydrogen (secondary N) is 1. The van der Waals surface area contributed by atoms with Crippen molar-refractivity contribution in [3.05, 3.63) is 45.8 Å². The largest absolute Gasteiger partial charge is 0.497 e. The second kappa shape index (κ2) is 7.27. The Hall–Kier alpha value is -2.34. The fourth-order valence-corrected chi connectivity index (χ4v) is 4.63. The van der Waals surface area contributed by atoms with E-state index < -0.39 is 5.91 Å². The molecule has 1 aromatic heterocycles. The van der Waals surface area contributed by atoms with Crippen molar-refractivity contribution in [2.24, 2.45) is 11.7 Å². The number of carbonyl (C=O) groups is 2. The lowest BCUT2D eigenvalue weighted by Gasteiger charge is -2.18. The third-order valence-electron chi connectivity index (χ3n) is 4.53. The Kier molecular flexibility index (Phi) is 5.08. The summed E-state index contributed by atoms with van der Waals surface area (Å²) >= 11 is 1.49. The first-order valence-electron chi connectivity index (χ1n) is 8.35. The third-order valence-corrected chi connectivity index (χ3v) is 5.70. The number of rotatable bonds is 5. The number of fused-ring (bicyclic) bond motifs is 1. The Morgan fingerprint density at radius 3 is 2.68 bits per heavy atom. The summed E-state index contributed by atoms with van der Waals surface area (Å²) in [7, 11) is 1.60. The second-order valence-electron chi connectivity index (χ2n) is 6.49. The number of ether oxygens (including phenoxy) is 1. The van der Waals surface area contributed by atoms with Crippen molar-refractivity contribution in [1.29, 1.82) is 0 Å². The highest BCUT2D eigenvalue weighted by Crippen LogP contribution is 2.39. The highest BCUT2D eigenvalue weighted by atomic mass is 32.1. The average molecular weight is 358 g/mol. The van der Waals surface area contributed by atoms with Gasteiger partial charge in [0.05, 0.1) is 19.1 Å². The maximum Gasteiger partial charge on any atom is 0.251 e. The molecule has 1 aliphatic carbocycles. The van der Waals surface area contributed by atoms with Crippen LogP contribution in [0.3, 0.4) is 0 Å². The Balaban J connectivity index is 1.77. The maximum atomic E-state index is 12.4. The van der Waals surface area contributed by atoms with E-state index in [1.165, 1.54) is 16.2 Å². The number of hydrogen-bond acceptors (Lipinski definition) is 4. The second-order valence-corrected chi connectivity index (χ2v) is 7.60.